The highest BCUT2D eigenvalue weighted by Crippen LogP contribution is 2.16. The molecular formula is C27H53N2O4P+2. The summed E-state index contributed by atoms with van der Waals surface area (Å²) in [5.41, 5.74) is 0. The van der Waals surface area contributed by atoms with E-state index in [0.717, 1.165) is 32.2 Å². The molecule has 0 aromatic heterocycles. The van der Waals surface area contributed by atoms with Crippen LogP contribution in [0.25, 0.3) is 0 Å². The van der Waals surface area contributed by atoms with Crippen molar-refractivity contribution in [2.45, 2.75) is 96.5 Å². The smallest absolute Gasteiger partial charge is 0.385 e. The van der Waals surface area contributed by atoms with Crippen molar-refractivity contribution in [3.8, 4) is 0 Å². The Morgan fingerprint density at radius 3 is 2.18 bits per heavy atom. The van der Waals surface area contributed by atoms with Crippen LogP contribution in [0, 0.1) is 0 Å². The summed E-state index contributed by atoms with van der Waals surface area (Å²) in [6.45, 7) is 5.86. The van der Waals surface area contributed by atoms with Gasteiger partial charge in [0.2, 0.25) is 5.91 Å². The van der Waals surface area contributed by atoms with Crippen LogP contribution in [0.2, 0.25) is 0 Å². The largest absolute Gasteiger partial charge is 0.504 e. The monoisotopic (exact) mass is 500 g/mol. The Hall–Kier alpha value is -1.07. The van der Waals surface area contributed by atoms with Gasteiger partial charge in [0.1, 0.15) is 19.3 Å². The number of rotatable bonds is 23. The average Bonchev–Trinajstić information content (AvgIpc) is 2.77. The molecular weight excluding hydrogens is 447 g/mol. The lowest BCUT2D eigenvalue weighted by atomic mass is 10.1. The first kappa shape index (κ1) is 32.9. The van der Waals surface area contributed by atoms with Gasteiger partial charge in [0.05, 0.1) is 20.6 Å². The third-order valence-electron chi connectivity index (χ3n) is 5.80. The fourth-order valence-electron chi connectivity index (χ4n) is 3.85. The Morgan fingerprint density at radius 1 is 0.971 bits per heavy atom. The van der Waals surface area contributed by atoms with Gasteiger partial charge in [-0.1, -0.05) is 69.8 Å². The SMILES string of the molecule is CCCCCC/C=C/C=C\CCCCCCCC(=O)NCCC[N+](C)(C)CC(O)CO[P+](C)=O. The zero-order valence-electron chi connectivity index (χ0n) is 22.5. The normalized spacial score (nSPS) is 13.6. The second-order valence-corrected chi connectivity index (χ2v) is 11.1. The average molecular weight is 501 g/mol. The Labute approximate surface area is 210 Å². The summed E-state index contributed by atoms with van der Waals surface area (Å²) in [7, 11) is 2.40. The van der Waals surface area contributed by atoms with Crippen molar-refractivity contribution in [3.63, 3.8) is 0 Å². The molecule has 0 bridgehead atoms. The minimum absolute atomic E-state index is 0.0947. The summed E-state index contributed by atoms with van der Waals surface area (Å²) < 4.78 is 16.6. The molecule has 0 fully saturated rings. The number of hydrogen-bond acceptors (Lipinski definition) is 4. The Balaban J connectivity index is 3.58. The number of amides is 1. The number of allylic oxidation sites excluding steroid dienone is 4. The number of unbranched alkanes of at least 4 members (excludes halogenated alkanes) is 9. The number of quaternary nitrogens is 1. The van der Waals surface area contributed by atoms with E-state index in [-0.39, 0.29) is 12.5 Å². The van der Waals surface area contributed by atoms with E-state index in [0.29, 0.717) is 24.0 Å². The molecule has 0 aromatic rings. The Bertz CT molecular complexity index is 579. The third-order valence-corrected chi connectivity index (χ3v) is 6.31. The van der Waals surface area contributed by atoms with E-state index in [2.05, 4.69) is 36.5 Å². The van der Waals surface area contributed by atoms with E-state index >= 15 is 0 Å². The van der Waals surface area contributed by atoms with Crippen LogP contribution in [0.4, 0.5) is 0 Å². The van der Waals surface area contributed by atoms with Gasteiger partial charge in [-0.25, -0.2) is 0 Å². The lowest BCUT2D eigenvalue weighted by molar-refractivity contribution is -0.893. The number of aliphatic hydroxyl groups is 1. The molecule has 2 N–H and O–H groups in total. The Morgan fingerprint density at radius 2 is 1.56 bits per heavy atom. The second kappa shape index (κ2) is 22.4. The molecule has 0 heterocycles. The molecule has 0 rings (SSSR count). The molecule has 6 nitrogen and oxygen atoms in total. The van der Waals surface area contributed by atoms with E-state index < -0.39 is 14.1 Å². The molecule has 198 valence electrons. The van der Waals surface area contributed by atoms with Crippen LogP contribution in [0.1, 0.15) is 90.4 Å². The van der Waals surface area contributed by atoms with E-state index in [1.165, 1.54) is 58.0 Å². The van der Waals surface area contributed by atoms with Crippen LogP contribution >= 0.6 is 8.03 Å². The molecule has 0 aromatic carbocycles. The fraction of sp³-hybridized carbons (Fsp3) is 0.815. The van der Waals surface area contributed by atoms with Crippen LogP contribution in [-0.4, -0.2) is 68.6 Å². The minimum atomic E-state index is -1.68. The number of carbonyl (C=O) groups excluding carboxylic acids is 1. The van der Waals surface area contributed by atoms with Gasteiger partial charge in [-0.15, -0.1) is 4.52 Å². The van der Waals surface area contributed by atoms with Crippen LogP contribution in [-0.2, 0) is 13.9 Å². The zero-order chi connectivity index (χ0) is 25.5. The molecule has 0 radical (unpaired) electrons. The van der Waals surface area contributed by atoms with E-state index in [4.69, 9.17) is 4.52 Å². The van der Waals surface area contributed by atoms with Crippen LogP contribution in [0.15, 0.2) is 24.3 Å². The molecule has 0 aliphatic rings. The molecule has 0 spiro atoms. The third kappa shape index (κ3) is 24.1. The molecule has 7 heteroatoms. The molecule has 2 unspecified atom stereocenters. The number of aliphatic hydroxyl groups excluding tert-OH is 1. The molecule has 2 atom stereocenters. The van der Waals surface area contributed by atoms with Crippen molar-refractivity contribution in [2.75, 3.05) is 47.0 Å². The highest BCUT2D eigenvalue weighted by atomic mass is 31.1. The van der Waals surface area contributed by atoms with Crippen molar-refractivity contribution in [2.24, 2.45) is 0 Å². The summed E-state index contributed by atoms with van der Waals surface area (Å²) >= 11 is 0. The standard InChI is InChI=1S/C27H52N2O4P/c1-5-6-7-8-9-10-11-12-13-14-15-16-17-18-19-21-27(31)28-22-20-23-29(2,3)24-26(30)25-33-34(4)32/h10-13,26,30H,5-9,14-25H2,1-4H3/q+1/p+1/b11-10+,13-12-. The van der Waals surface area contributed by atoms with Gasteiger partial charge in [-0.2, -0.15) is 0 Å². The highest BCUT2D eigenvalue weighted by molar-refractivity contribution is 7.38. The molecule has 0 saturated heterocycles. The predicted octanol–water partition coefficient (Wildman–Crippen LogP) is 6.13. The van der Waals surface area contributed by atoms with Crippen LogP contribution < -0.4 is 5.32 Å². The van der Waals surface area contributed by atoms with Crippen molar-refractivity contribution in [1.29, 1.82) is 0 Å². The second-order valence-electron chi connectivity index (χ2n) is 9.95. The quantitative estimate of drug-likeness (QED) is 0.0766. The van der Waals surface area contributed by atoms with Gasteiger partial charge >= 0.3 is 8.03 Å². The van der Waals surface area contributed by atoms with Crippen LogP contribution in [0.3, 0.4) is 0 Å². The summed E-state index contributed by atoms with van der Waals surface area (Å²) in [4.78, 5) is 12.0. The summed E-state index contributed by atoms with van der Waals surface area (Å²) in [6.07, 6.45) is 23.1. The number of carbonyl (C=O) groups is 1. The summed E-state index contributed by atoms with van der Waals surface area (Å²) in [5, 5.41) is 13.0. The fourth-order valence-corrected chi connectivity index (χ4v) is 4.23. The van der Waals surface area contributed by atoms with Crippen LogP contribution in [0.5, 0.6) is 0 Å². The first-order chi connectivity index (χ1) is 16.3. The number of nitrogens with zero attached hydrogens (tertiary/aromatic N) is 1. The maximum absolute atomic E-state index is 12.0. The topological polar surface area (TPSA) is 75.6 Å². The zero-order valence-corrected chi connectivity index (χ0v) is 23.4. The van der Waals surface area contributed by atoms with Crippen molar-refractivity contribution < 1.29 is 23.5 Å². The molecule has 1 amide bonds. The lowest BCUT2D eigenvalue weighted by Gasteiger charge is -2.31. The van der Waals surface area contributed by atoms with Gasteiger partial charge in [-0.3, -0.25) is 4.79 Å². The van der Waals surface area contributed by atoms with Gasteiger partial charge < -0.3 is 14.9 Å². The van der Waals surface area contributed by atoms with Gasteiger partial charge in [0.15, 0.2) is 6.66 Å². The number of hydrogen-bond donors (Lipinski definition) is 2. The molecule has 0 aliphatic carbocycles. The van der Waals surface area contributed by atoms with Gasteiger partial charge in [0.25, 0.3) is 0 Å². The van der Waals surface area contributed by atoms with Gasteiger partial charge in [-0.05, 0) is 36.7 Å². The maximum atomic E-state index is 12.0. The summed E-state index contributed by atoms with van der Waals surface area (Å²) in [5.74, 6) is 0.134. The first-order valence-corrected chi connectivity index (χ1v) is 15.0. The highest BCUT2D eigenvalue weighted by Gasteiger charge is 2.23. The molecule has 34 heavy (non-hydrogen) atoms. The lowest BCUT2D eigenvalue weighted by Crippen LogP contribution is -2.47. The van der Waals surface area contributed by atoms with E-state index in [1.807, 2.05) is 14.1 Å². The van der Waals surface area contributed by atoms with Crippen molar-refractivity contribution >= 4 is 13.9 Å². The molecule has 0 aliphatic heterocycles. The van der Waals surface area contributed by atoms with Gasteiger partial charge in [0, 0.05) is 19.4 Å². The van der Waals surface area contributed by atoms with Crippen molar-refractivity contribution in [3.05, 3.63) is 24.3 Å². The first-order valence-electron chi connectivity index (χ1n) is 13.4. The van der Waals surface area contributed by atoms with E-state index in [9.17, 15) is 14.5 Å². The number of likely N-dealkylation sites (N-methyl/N-ethyl adjacent to an activating group) is 1. The number of nitrogens with one attached hydrogen (secondary N) is 1. The summed E-state index contributed by atoms with van der Waals surface area (Å²) in [6, 6.07) is 0. The predicted molar refractivity (Wildman–Crippen MR) is 144 cm³/mol. The Kier molecular flexibility index (Phi) is 21.7. The van der Waals surface area contributed by atoms with Crippen molar-refractivity contribution in [1.82, 2.24) is 5.32 Å². The van der Waals surface area contributed by atoms with E-state index in [1.54, 1.807) is 0 Å². The minimum Gasteiger partial charge on any atom is -0.385 e. The maximum Gasteiger partial charge on any atom is 0.504 e. The molecule has 0 saturated carbocycles.